The van der Waals surface area contributed by atoms with Crippen LogP contribution in [0.4, 0.5) is 5.69 Å². The van der Waals surface area contributed by atoms with Gasteiger partial charge in [-0.05, 0) is 69.9 Å². The maximum atomic E-state index is 12.2. The van der Waals surface area contributed by atoms with Gasteiger partial charge in [0.05, 0.1) is 11.2 Å². The minimum absolute atomic E-state index is 0.233. The second-order valence-corrected chi connectivity index (χ2v) is 7.33. The van der Waals surface area contributed by atoms with E-state index in [0.29, 0.717) is 11.4 Å². The summed E-state index contributed by atoms with van der Waals surface area (Å²) < 4.78 is 12.2. The van der Waals surface area contributed by atoms with Crippen molar-refractivity contribution in [3.8, 4) is 0 Å². The van der Waals surface area contributed by atoms with E-state index in [1.165, 1.54) is 0 Å². The monoisotopic (exact) mass is 338 g/mol. The lowest BCUT2D eigenvalue weighted by atomic mass is 9.76. The highest BCUT2D eigenvalue weighted by Gasteiger charge is 2.52. The molecule has 1 aliphatic rings. The Morgan fingerprint density at radius 2 is 1.76 bits per heavy atom. The van der Waals surface area contributed by atoms with Gasteiger partial charge in [0, 0.05) is 11.9 Å². The molecule has 0 saturated carbocycles. The van der Waals surface area contributed by atoms with Crippen LogP contribution in [0.3, 0.4) is 0 Å². The Hall–Kier alpha value is -2.18. The molecule has 25 heavy (non-hydrogen) atoms. The van der Waals surface area contributed by atoms with Gasteiger partial charge in [0.1, 0.15) is 5.69 Å². The number of benzene rings is 1. The number of nitrogens with one attached hydrogen (secondary N) is 1. The van der Waals surface area contributed by atoms with Crippen LogP contribution >= 0.6 is 0 Å². The number of hydrogen-bond acceptors (Lipinski definition) is 4. The SMILES string of the molecule is Cc1cc(NC(=O)c2ccccn2)ccc1B1OC(C)(C)C(C)(C)O1. The molecule has 0 unspecified atom stereocenters. The number of rotatable bonds is 3. The zero-order valence-electron chi connectivity index (χ0n) is 15.3. The van der Waals surface area contributed by atoms with Gasteiger partial charge < -0.3 is 14.6 Å². The number of pyridine rings is 1. The van der Waals surface area contributed by atoms with Crippen molar-refractivity contribution in [2.75, 3.05) is 5.32 Å². The lowest BCUT2D eigenvalue weighted by Gasteiger charge is -2.32. The van der Waals surface area contributed by atoms with Gasteiger partial charge in [0.15, 0.2) is 0 Å². The molecule has 3 rings (SSSR count). The maximum Gasteiger partial charge on any atom is 0.495 e. The summed E-state index contributed by atoms with van der Waals surface area (Å²) in [5, 5.41) is 2.87. The van der Waals surface area contributed by atoms with Gasteiger partial charge in [0.2, 0.25) is 0 Å². The van der Waals surface area contributed by atoms with Crippen LogP contribution in [-0.4, -0.2) is 29.2 Å². The molecule has 0 atom stereocenters. The Morgan fingerprint density at radius 1 is 1.08 bits per heavy atom. The number of carbonyl (C=O) groups excluding carboxylic acids is 1. The van der Waals surface area contributed by atoms with Crippen molar-refractivity contribution in [3.63, 3.8) is 0 Å². The fourth-order valence-corrected chi connectivity index (χ4v) is 2.68. The normalized spacial score (nSPS) is 18.2. The van der Waals surface area contributed by atoms with Crippen LogP contribution in [0.15, 0.2) is 42.6 Å². The van der Waals surface area contributed by atoms with Crippen LogP contribution in [0.1, 0.15) is 43.7 Å². The summed E-state index contributed by atoms with van der Waals surface area (Å²) >= 11 is 0. The number of aromatic nitrogens is 1. The third kappa shape index (κ3) is 3.46. The summed E-state index contributed by atoms with van der Waals surface area (Å²) in [6.07, 6.45) is 1.60. The Morgan fingerprint density at radius 3 is 2.32 bits per heavy atom. The van der Waals surface area contributed by atoms with Crippen LogP contribution < -0.4 is 10.8 Å². The van der Waals surface area contributed by atoms with Gasteiger partial charge in [-0.2, -0.15) is 0 Å². The fraction of sp³-hybridized carbons (Fsp3) is 0.368. The second-order valence-electron chi connectivity index (χ2n) is 7.33. The quantitative estimate of drug-likeness (QED) is 0.874. The molecule has 1 amide bonds. The van der Waals surface area contributed by atoms with Crippen molar-refractivity contribution in [1.29, 1.82) is 0 Å². The number of aryl methyl sites for hydroxylation is 1. The molecule has 0 bridgehead atoms. The first-order valence-corrected chi connectivity index (χ1v) is 8.38. The lowest BCUT2D eigenvalue weighted by molar-refractivity contribution is 0.00578. The molecular formula is C19H23BN2O3. The third-order valence-electron chi connectivity index (χ3n) is 4.93. The molecule has 1 aliphatic heterocycles. The number of anilines is 1. The zero-order chi connectivity index (χ0) is 18.2. The van der Waals surface area contributed by atoms with Gasteiger partial charge in [-0.3, -0.25) is 9.78 Å². The minimum Gasteiger partial charge on any atom is -0.399 e. The average Bonchev–Trinajstić information content (AvgIpc) is 2.76. The molecule has 0 radical (unpaired) electrons. The first kappa shape index (κ1) is 17.6. The Bertz CT molecular complexity index is 775. The fourth-order valence-electron chi connectivity index (χ4n) is 2.68. The molecule has 6 heteroatoms. The van der Waals surface area contributed by atoms with E-state index in [9.17, 15) is 4.79 Å². The van der Waals surface area contributed by atoms with E-state index in [0.717, 1.165) is 11.0 Å². The van der Waals surface area contributed by atoms with Crippen LogP contribution in [0, 0.1) is 6.92 Å². The number of amides is 1. The van der Waals surface area contributed by atoms with Gasteiger partial charge in [-0.25, -0.2) is 0 Å². The van der Waals surface area contributed by atoms with Crippen LogP contribution in [0.5, 0.6) is 0 Å². The van der Waals surface area contributed by atoms with Crippen molar-refractivity contribution in [3.05, 3.63) is 53.9 Å². The summed E-state index contributed by atoms with van der Waals surface area (Å²) in [7, 11) is -0.412. The molecular weight excluding hydrogens is 315 g/mol. The molecule has 1 aromatic carbocycles. The molecule has 130 valence electrons. The van der Waals surface area contributed by atoms with Crippen molar-refractivity contribution in [1.82, 2.24) is 4.98 Å². The number of carbonyl (C=O) groups is 1. The van der Waals surface area contributed by atoms with Gasteiger partial charge >= 0.3 is 7.12 Å². The first-order valence-electron chi connectivity index (χ1n) is 8.38. The number of hydrogen-bond donors (Lipinski definition) is 1. The van der Waals surface area contributed by atoms with Crippen LogP contribution in [0.2, 0.25) is 0 Å². The lowest BCUT2D eigenvalue weighted by Crippen LogP contribution is -2.41. The second kappa shape index (κ2) is 6.28. The van der Waals surface area contributed by atoms with Gasteiger partial charge in [-0.15, -0.1) is 0 Å². The predicted octanol–water partition coefficient (Wildman–Crippen LogP) is 2.94. The van der Waals surface area contributed by atoms with E-state index >= 15 is 0 Å². The standard InChI is InChI=1S/C19H23BN2O3/c1-13-12-14(22-17(23)16-8-6-7-11-21-16)9-10-15(13)20-24-18(2,3)19(4,5)25-20/h6-12H,1-5H3,(H,22,23). The Labute approximate surface area is 148 Å². The average molecular weight is 338 g/mol. The summed E-state index contributed by atoms with van der Waals surface area (Å²) in [5.41, 5.74) is 2.31. The minimum atomic E-state index is -0.412. The van der Waals surface area contributed by atoms with Crippen molar-refractivity contribution < 1.29 is 14.1 Å². The highest BCUT2D eigenvalue weighted by Crippen LogP contribution is 2.36. The highest BCUT2D eigenvalue weighted by atomic mass is 16.7. The summed E-state index contributed by atoms with van der Waals surface area (Å²) in [4.78, 5) is 16.3. The molecule has 1 saturated heterocycles. The topological polar surface area (TPSA) is 60.5 Å². The van der Waals surface area contributed by atoms with Crippen LogP contribution in [0.25, 0.3) is 0 Å². The first-order chi connectivity index (χ1) is 11.7. The van der Waals surface area contributed by atoms with E-state index in [1.807, 2.05) is 52.8 Å². The number of nitrogens with zero attached hydrogens (tertiary/aromatic N) is 1. The predicted molar refractivity (Wildman–Crippen MR) is 99.1 cm³/mol. The molecule has 2 aromatic rings. The summed E-state index contributed by atoms with van der Waals surface area (Å²) in [6.45, 7) is 10.1. The van der Waals surface area contributed by atoms with Gasteiger partial charge in [-0.1, -0.05) is 12.1 Å². The maximum absolute atomic E-state index is 12.2. The van der Waals surface area contributed by atoms with E-state index < -0.39 is 7.12 Å². The Balaban J connectivity index is 1.77. The largest absolute Gasteiger partial charge is 0.495 e. The van der Waals surface area contributed by atoms with Crippen LogP contribution in [-0.2, 0) is 9.31 Å². The van der Waals surface area contributed by atoms with Crippen molar-refractivity contribution in [2.24, 2.45) is 0 Å². The molecule has 1 N–H and O–H groups in total. The highest BCUT2D eigenvalue weighted by molar-refractivity contribution is 6.62. The van der Waals surface area contributed by atoms with E-state index in [1.54, 1.807) is 24.4 Å². The molecule has 0 aliphatic carbocycles. The van der Waals surface area contributed by atoms with Crippen molar-refractivity contribution in [2.45, 2.75) is 45.8 Å². The van der Waals surface area contributed by atoms with E-state index in [2.05, 4.69) is 10.3 Å². The van der Waals surface area contributed by atoms with Gasteiger partial charge in [0.25, 0.3) is 5.91 Å². The summed E-state index contributed by atoms with van der Waals surface area (Å²) in [5.74, 6) is -0.233. The molecule has 5 nitrogen and oxygen atoms in total. The van der Waals surface area contributed by atoms with E-state index in [-0.39, 0.29) is 17.1 Å². The van der Waals surface area contributed by atoms with Crippen molar-refractivity contribution >= 4 is 24.2 Å². The summed E-state index contributed by atoms with van der Waals surface area (Å²) in [6, 6.07) is 11.0. The molecule has 2 heterocycles. The molecule has 0 spiro atoms. The smallest absolute Gasteiger partial charge is 0.399 e. The molecule has 1 fully saturated rings. The van der Waals surface area contributed by atoms with E-state index in [4.69, 9.17) is 9.31 Å². The Kier molecular flexibility index (Phi) is 4.43. The zero-order valence-corrected chi connectivity index (χ0v) is 15.3. The molecule has 1 aromatic heterocycles. The third-order valence-corrected chi connectivity index (χ3v) is 4.93.